The van der Waals surface area contributed by atoms with Crippen molar-refractivity contribution in [2.75, 3.05) is 11.9 Å². The van der Waals surface area contributed by atoms with Gasteiger partial charge in [-0.05, 0) is 61.1 Å². The molecule has 1 amide bonds. The average Bonchev–Trinajstić information content (AvgIpc) is 3.85. The fourth-order valence-corrected chi connectivity index (χ4v) is 7.29. The van der Waals surface area contributed by atoms with Crippen LogP contribution in [-0.2, 0) is 25.5 Å². The molecule has 2 N–H and O–H groups in total. The molecule has 0 radical (unpaired) electrons. The van der Waals surface area contributed by atoms with Crippen molar-refractivity contribution in [2.24, 2.45) is 0 Å². The standard InChI is InChI=1S/C33H32O4.C12H15NO/c34-32(25-15-5-1-6-16-25,26-17-7-2-8-18-26)29-30(37-31(36-29)23-13-14-24-31)33(35,27-19-9-3-10-20-27)28-21-11-4-12-22-28;1-4-10(2)12(14)13(3)11-8-6-5-7-9-11/h1-12,15-22,29-30,34-35H,13-14,23-24H2;4-9H,1-3H3/b;10-4+/t29-,30-;/m0./s1. The Bertz CT molecular complexity index is 1700. The number of nitrogens with zero attached hydrogens (tertiary/aromatic N) is 1. The Morgan fingerprint density at radius 3 is 1.25 bits per heavy atom. The Morgan fingerprint density at radius 1 is 0.627 bits per heavy atom. The van der Waals surface area contributed by atoms with Crippen LogP contribution in [0.4, 0.5) is 5.69 Å². The maximum absolute atomic E-state index is 12.8. The van der Waals surface area contributed by atoms with Gasteiger partial charge < -0.3 is 24.6 Å². The lowest BCUT2D eigenvalue weighted by molar-refractivity contribution is -0.192. The number of benzene rings is 5. The predicted molar refractivity (Wildman–Crippen MR) is 202 cm³/mol. The molecular weight excluding hydrogens is 634 g/mol. The molecule has 0 unspecified atom stereocenters. The van der Waals surface area contributed by atoms with Gasteiger partial charge in [-0.2, -0.15) is 0 Å². The number of carbonyl (C=O) groups excluding carboxylic acids is 1. The van der Waals surface area contributed by atoms with E-state index in [2.05, 4.69) is 0 Å². The molecule has 2 aliphatic rings. The number of carbonyl (C=O) groups is 1. The molecule has 0 bridgehead atoms. The van der Waals surface area contributed by atoms with E-state index in [0.717, 1.165) is 36.9 Å². The van der Waals surface area contributed by atoms with Crippen molar-refractivity contribution >= 4 is 11.6 Å². The Balaban J connectivity index is 0.000000270. The van der Waals surface area contributed by atoms with E-state index < -0.39 is 29.2 Å². The topological polar surface area (TPSA) is 79.2 Å². The number of rotatable bonds is 8. The second-order valence-electron chi connectivity index (χ2n) is 13.4. The molecular formula is C45H47NO5. The van der Waals surface area contributed by atoms with Gasteiger partial charge in [-0.1, -0.05) is 146 Å². The highest BCUT2D eigenvalue weighted by atomic mass is 16.8. The lowest BCUT2D eigenvalue weighted by Crippen LogP contribution is -2.54. The molecule has 5 aromatic rings. The minimum absolute atomic E-state index is 0.0405. The van der Waals surface area contributed by atoms with Crippen molar-refractivity contribution in [1.82, 2.24) is 0 Å². The highest BCUT2D eigenvalue weighted by Gasteiger charge is 2.63. The van der Waals surface area contributed by atoms with Crippen molar-refractivity contribution in [1.29, 1.82) is 0 Å². The van der Waals surface area contributed by atoms with Gasteiger partial charge in [-0.15, -0.1) is 0 Å². The van der Waals surface area contributed by atoms with E-state index in [1.807, 2.05) is 172 Å². The first kappa shape index (κ1) is 36.0. The van der Waals surface area contributed by atoms with E-state index in [0.29, 0.717) is 22.3 Å². The number of para-hydroxylation sites is 1. The molecule has 7 rings (SSSR count). The van der Waals surface area contributed by atoms with Gasteiger partial charge in [0.15, 0.2) is 5.79 Å². The first-order valence-corrected chi connectivity index (χ1v) is 17.7. The van der Waals surface area contributed by atoms with Crippen molar-refractivity contribution in [3.63, 3.8) is 0 Å². The summed E-state index contributed by atoms with van der Waals surface area (Å²) < 4.78 is 13.7. The summed E-state index contributed by atoms with van der Waals surface area (Å²) in [7, 11) is 1.78. The number of anilines is 1. The summed E-state index contributed by atoms with van der Waals surface area (Å²) in [5, 5.41) is 25.6. The van der Waals surface area contributed by atoms with Gasteiger partial charge in [0, 0.05) is 31.1 Å². The number of hydrogen-bond acceptors (Lipinski definition) is 5. The molecule has 2 atom stereocenters. The maximum Gasteiger partial charge on any atom is 0.253 e. The molecule has 262 valence electrons. The lowest BCUT2D eigenvalue weighted by atomic mass is 9.72. The molecule has 6 nitrogen and oxygen atoms in total. The molecule has 5 aromatic carbocycles. The Morgan fingerprint density at radius 2 is 0.941 bits per heavy atom. The van der Waals surface area contributed by atoms with E-state index in [1.165, 1.54) is 0 Å². The Hall–Kier alpha value is -4.85. The minimum Gasteiger partial charge on any atom is -0.378 e. The Labute approximate surface area is 301 Å². The van der Waals surface area contributed by atoms with Crippen LogP contribution < -0.4 is 4.90 Å². The van der Waals surface area contributed by atoms with Gasteiger partial charge in [-0.3, -0.25) is 4.79 Å². The molecule has 1 heterocycles. The molecule has 1 saturated carbocycles. The molecule has 51 heavy (non-hydrogen) atoms. The molecule has 6 heteroatoms. The molecule has 1 aliphatic heterocycles. The van der Waals surface area contributed by atoms with Gasteiger partial charge in [0.1, 0.15) is 23.4 Å². The van der Waals surface area contributed by atoms with E-state index >= 15 is 0 Å². The van der Waals surface area contributed by atoms with Crippen LogP contribution >= 0.6 is 0 Å². The normalized spacial score (nSPS) is 18.6. The SMILES string of the molecule is C/C=C(\C)C(=O)N(C)c1ccccc1.OC(c1ccccc1)(c1ccccc1)[C@H]1OC2(CCCC2)O[C@@H]1C(O)(c1ccccc1)c1ccccc1. The van der Waals surface area contributed by atoms with Crippen molar-refractivity contribution in [2.45, 2.75) is 68.7 Å². The zero-order valence-corrected chi connectivity index (χ0v) is 29.6. The lowest BCUT2D eigenvalue weighted by Gasteiger charge is -2.42. The van der Waals surface area contributed by atoms with E-state index in [-0.39, 0.29) is 5.91 Å². The summed E-state index contributed by atoms with van der Waals surface area (Å²) >= 11 is 0. The zero-order valence-electron chi connectivity index (χ0n) is 29.6. The summed E-state index contributed by atoms with van der Waals surface area (Å²) in [5.74, 6) is -0.816. The highest BCUT2D eigenvalue weighted by Crippen LogP contribution is 2.54. The minimum atomic E-state index is -1.57. The largest absolute Gasteiger partial charge is 0.378 e. The van der Waals surface area contributed by atoms with Crippen molar-refractivity contribution in [3.8, 4) is 0 Å². The highest BCUT2D eigenvalue weighted by molar-refractivity contribution is 6.04. The Kier molecular flexibility index (Phi) is 11.0. The molecule has 0 aromatic heterocycles. The monoisotopic (exact) mass is 681 g/mol. The predicted octanol–water partition coefficient (Wildman–Crippen LogP) is 8.53. The smallest absolute Gasteiger partial charge is 0.253 e. The average molecular weight is 682 g/mol. The van der Waals surface area contributed by atoms with Gasteiger partial charge in [0.25, 0.3) is 5.91 Å². The number of aliphatic hydroxyl groups is 2. The summed E-state index contributed by atoms with van der Waals surface area (Å²) in [6, 6.07) is 48.0. The quantitative estimate of drug-likeness (QED) is 0.161. The third-order valence-electron chi connectivity index (χ3n) is 10.2. The van der Waals surface area contributed by atoms with Gasteiger partial charge in [-0.25, -0.2) is 0 Å². The number of hydrogen-bond donors (Lipinski definition) is 2. The van der Waals surface area contributed by atoms with Gasteiger partial charge in [0.05, 0.1) is 0 Å². The molecule has 1 aliphatic carbocycles. The van der Waals surface area contributed by atoms with Crippen LogP contribution in [0, 0.1) is 0 Å². The second kappa shape index (κ2) is 15.6. The van der Waals surface area contributed by atoms with Gasteiger partial charge >= 0.3 is 0 Å². The van der Waals surface area contributed by atoms with Gasteiger partial charge in [0.2, 0.25) is 0 Å². The van der Waals surface area contributed by atoms with Crippen molar-refractivity contribution in [3.05, 3.63) is 186 Å². The molecule has 2 fully saturated rings. The zero-order chi connectivity index (χ0) is 35.9. The van der Waals surface area contributed by atoms with E-state index in [9.17, 15) is 15.0 Å². The van der Waals surface area contributed by atoms with Crippen LogP contribution in [0.2, 0.25) is 0 Å². The van der Waals surface area contributed by atoms with Crippen LogP contribution in [-0.4, -0.2) is 41.2 Å². The number of likely N-dealkylation sites (N-methyl/N-ethyl adjacent to an activating group) is 1. The van der Waals surface area contributed by atoms with Crippen LogP contribution in [0.1, 0.15) is 61.8 Å². The number of allylic oxidation sites excluding steroid dienone is 1. The molecule has 1 spiro atoms. The van der Waals surface area contributed by atoms with E-state index in [4.69, 9.17) is 9.47 Å². The first-order valence-electron chi connectivity index (χ1n) is 17.7. The number of ether oxygens (including phenoxy) is 2. The third-order valence-corrected chi connectivity index (χ3v) is 10.2. The second-order valence-corrected chi connectivity index (χ2v) is 13.4. The van der Waals surface area contributed by atoms with Crippen LogP contribution in [0.3, 0.4) is 0 Å². The van der Waals surface area contributed by atoms with E-state index in [1.54, 1.807) is 11.9 Å². The van der Waals surface area contributed by atoms with Crippen LogP contribution in [0.5, 0.6) is 0 Å². The number of amides is 1. The third kappa shape index (κ3) is 7.19. The van der Waals surface area contributed by atoms with Crippen LogP contribution in [0.15, 0.2) is 163 Å². The fraction of sp³-hybridized carbons (Fsp3) is 0.267. The summed E-state index contributed by atoms with van der Waals surface area (Å²) in [6.45, 7) is 3.69. The fourth-order valence-electron chi connectivity index (χ4n) is 7.29. The van der Waals surface area contributed by atoms with Crippen molar-refractivity contribution < 1.29 is 24.5 Å². The van der Waals surface area contributed by atoms with Crippen LogP contribution in [0.25, 0.3) is 0 Å². The summed E-state index contributed by atoms with van der Waals surface area (Å²) in [5.41, 5.74) is 1.30. The summed E-state index contributed by atoms with van der Waals surface area (Å²) in [4.78, 5) is 13.4. The summed E-state index contributed by atoms with van der Waals surface area (Å²) in [6.07, 6.45) is 3.44. The molecule has 1 saturated heterocycles. The maximum atomic E-state index is 12.8. The first-order chi connectivity index (χ1) is 24.7.